The number of ether oxygens (including phenoxy) is 2. The molecular formula is C35H38F9N3O5. The van der Waals surface area contributed by atoms with Gasteiger partial charge in [0.05, 0.1) is 32.2 Å². The summed E-state index contributed by atoms with van der Waals surface area (Å²) in [6.07, 6.45) is -14.5. The zero-order valence-electron chi connectivity index (χ0n) is 28.2. The number of fused-ring (bicyclic) bond motifs is 1. The molecule has 2 fully saturated rings. The quantitative estimate of drug-likeness (QED) is 0.211. The molecule has 2 aliphatic heterocycles. The van der Waals surface area contributed by atoms with E-state index >= 15 is 0 Å². The number of aryl methyl sites for hydroxylation is 1. The van der Waals surface area contributed by atoms with E-state index in [1.165, 1.54) is 0 Å². The van der Waals surface area contributed by atoms with Gasteiger partial charge in [0, 0.05) is 31.6 Å². The van der Waals surface area contributed by atoms with Gasteiger partial charge >= 0.3 is 24.5 Å². The van der Waals surface area contributed by atoms with Crippen LogP contribution in [0.4, 0.5) is 39.5 Å². The van der Waals surface area contributed by atoms with Crippen LogP contribution in [-0.4, -0.2) is 92.3 Å². The molecule has 3 aromatic carbocycles. The molecule has 2 saturated heterocycles. The fourth-order valence-electron chi connectivity index (χ4n) is 6.61. The van der Waals surface area contributed by atoms with Crippen LogP contribution < -0.4 is 15.2 Å². The van der Waals surface area contributed by atoms with Gasteiger partial charge in [0.1, 0.15) is 16.9 Å². The van der Waals surface area contributed by atoms with Crippen molar-refractivity contribution in [3.63, 3.8) is 0 Å². The van der Waals surface area contributed by atoms with E-state index in [1.807, 2.05) is 42.5 Å². The maximum absolute atomic E-state index is 12.9. The highest BCUT2D eigenvalue weighted by atomic mass is 19.4. The van der Waals surface area contributed by atoms with Crippen LogP contribution in [0.5, 0.6) is 11.5 Å². The van der Waals surface area contributed by atoms with E-state index in [9.17, 15) is 49.1 Å². The van der Waals surface area contributed by atoms with Crippen molar-refractivity contribution >= 4 is 22.6 Å². The number of nitrogens with zero attached hydrogens (tertiary/aromatic N) is 2. The summed E-state index contributed by atoms with van der Waals surface area (Å²) in [5.74, 6) is -2.54. The lowest BCUT2D eigenvalue weighted by Gasteiger charge is -2.40. The van der Waals surface area contributed by atoms with E-state index < -0.39 is 74.2 Å². The molecule has 52 heavy (non-hydrogen) atoms. The molecular weight excluding hydrogens is 713 g/mol. The minimum absolute atomic E-state index is 0.0280. The van der Waals surface area contributed by atoms with Crippen LogP contribution >= 0.6 is 0 Å². The largest absolute Gasteiger partial charge is 0.496 e. The Labute approximate surface area is 293 Å². The second-order valence-corrected chi connectivity index (χ2v) is 12.8. The van der Waals surface area contributed by atoms with E-state index in [0.29, 0.717) is 24.5 Å². The number of primary amides is 1. The normalized spacial score (nSPS) is 17.2. The van der Waals surface area contributed by atoms with E-state index in [0.717, 1.165) is 37.9 Å². The van der Waals surface area contributed by atoms with E-state index in [2.05, 4.69) is 0 Å². The Morgan fingerprint density at radius 1 is 0.846 bits per heavy atom. The minimum Gasteiger partial charge on any atom is -0.496 e. The molecule has 2 heterocycles. The van der Waals surface area contributed by atoms with Crippen molar-refractivity contribution in [2.24, 2.45) is 17.1 Å². The molecule has 3 aromatic rings. The number of aliphatic carboxylic acids is 1. The number of carboxylic acid groups (broad SMARTS) is 1. The number of piperidine rings is 1. The highest BCUT2D eigenvalue weighted by Gasteiger charge is 2.60. The van der Waals surface area contributed by atoms with Crippen LogP contribution in [0.25, 0.3) is 21.9 Å². The molecule has 0 aliphatic carbocycles. The van der Waals surface area contributed by atoms with Gasteiger partial charge in [-0.25, -0.2) is 0 Å². The minimum atomic E-state index is -4.83. The van der Waals surface area contributed by atoms with Crippen LogP contribution in [0.15, 0.2) is 48.5 Å². The number of methoxy groups -OCH3 is 2. The average molecular weight is 752 g/mol. The lowest BCUT2D eigenvalue weighted by molar-refractivity contribution is -0.234. The summed E-state index contributed by atoms with van der Waals surface area (Å²) in [6, 6.07) is 15.2. The first-order valence-electron chi connectivity index (χ1n) is 16.1. The number of hydrogen-bond acceptors (Lipinski definition) is 6. The summed E-state index contributed by atoms with van der Waals surface area (Å²) < 4.78 is 125. The molecule has 0 spiro atoms. The molecule has 0 unspecified atom stereocenters. The van der Waals surface area contributed by atoms with Crippen LogP contribution in [0.2, 0.25) is 0 Å². The Hall–Kier alpha value is -4.25. The van der Waals surface area contributed by atoms with Crippen LogP contribution in [0.3, 0.4) is 0 Å². The number of likely N-dealkylation sites (tertiary alicyclic amines) is 2. The predicted molar refractivity (Wildman–Crippen MR) is 173 cm³/mol. The van der Waals surface area contributed by atoms with E-state index in [1.54, 1.807) is 25.2 Å². The average Bonchev–Trinajstić information content (AvgIpc) is 3.03. The van der Waals surface area contributed by atoms with Gasteiger partial charge in [0.25, 0.3) is 0 Å². The number of carbonyl (C=O) groups excluding carboxylic acids is 1. The Balaban J connectivity index is 0.000000284. The fourth-order valence-corrected chi connectivity index (χ4v) is 6.61. The number of hydrogen-bond donors (Lipinski definition) is 2. The Morgan fingerprint density at radius 2 is 1.46 bits per heavy atom. The Bertz CT molecular complexity index is 1730. The number of halogens is 9. The van der Waals surface area contributed by atoms with Crippen LogP contribution in [0.1, 0.15) is 30.4 Å². The smallest absolute Gasteiger partial charge is 0.403 e. The molecule has 0 radical (unpaired) electrons. The third-order valence-corrected chi connectivity index (χ3v) is 9.46. The first kappa shape index (κ1) is 40.5. The zero-order chi connectivity index (χ0) is 38.6. The Kier molecular flexibility index (Phi) is 12.3. The second-order valence-electron chi connectivity index (χ2n) is 12.8. The van der Waals surface area contributed by atoms with Crippen molar-refractivity contribution < 1.29 is 63.7 Å². The monoisotopic (exact) mass is 751 g/mol. The van der Waals surface area contributed by atoms with Gasteiger partial charge in [-0.3, -0.25) is 19.4 Å². The number of nitrogens with two attached hydrogens (primary N) is 1. The van der Waals surface area contributed by atoms with Crippen LogP contribution in [-0.2, 0) is 22.6 Å². The van der Waals surface area contributed by atoms with Crippen molar-refractivity contribution in [1.82, 2.24) is 9.80 Å². The summed E-state index contributed by atoms with van der Waals surface area (Å²) in [5.41, 5.74) is 5.33. The number of carbonyl (C=O) groups is 2. The van der Waals surface area contributed by atoms with Gasteiger partial charge in [-0.1, -0.05) is 42.5 Å². The molecule has 0 saturated carbocycles. The SMILES string of the molecule is COc1ccc(CN2CC(C(F)(F)F)C2)c(OC)c1-c1cccc2c(CCC(=O)O)cccc12.NC(=O)C1(C(F)(F)F)CCN(CC(F)(F)F)CC1. The molecule has 3 N–H and O–H groups in total. The van der Waals surface area contributed by atoms with E-state index in [4.69, 9.17) is 20.3 Å². The molecule has 286 valence electrons. The molecule has 2 aliphatic rings. The number of rotatable bonds is 10. The topological polar surface area (TPSA) is 105 Å². The number of carboxylic acids is 1. The van der Waals surface area contributed by atoms with Crippen molar-refractivity contribution in [2.45, 2.75) is 50.8 Å². The predicted octanol–water partition coefficient (Wildman–Crippen LogP) is 7.21. The fraction of sp³-hybridized carbons (Fsp3) is 0.486. The highest BCUT2D eigenvalue weighted by molar-refractivity contribution is 6.01. The molecule has 0 bridgehead atoms. The lowest BCUT2D eigenvalue weighted by Crippen LogP contribution is -2.56. The maximum Gasteiger partial charge on any atom is 0.403 e. The number of benzene rings is 3. The summed E-state index contributed by atoms with van der Waals surface area (Å²) in [4.78, 5) is 24.7. The second kappa shape index (κ2) is 15.8. The highest BCUT2D eigenvalue weighted by Crippen LogP contribution is 2.47. The lowest BCUT2D eigenvalue weighted by atomic mass is 9.77. The van der Waals surface area contributed by atoms with Crippen molar-refractivity contribution in [1.29, 1.82) is 0 Å². The third kappa shape index (κ3) is 9.21. The Morgan fingerprint density at radius 3 is 1.98 bits per heavy atom. The molecule has 1 amide bonds. The first-order chi connectivity index (χ1) is 24.2. The van der Waals surface area contributed by atoms with Gasteiger partial charge in [-0.15, -0.1) is 0 Å². The molecule has 8 nitrogen and oxygen atoms in total. The van der Waals surface area contributed by atoms with Gasteiger partial charge in [0.2, 0.25) is 5.91 Å². The number of alkyl halides is 9. The standard InChI is InChI=1S/C26H26F3NO4.C9H12F6N2O/c1-33-22-11-9-17(13-30-14-18(15-30)26(27,28)29)25(34-2)24(22)21-8-4-6-19-16(10-12-23(31)32)5-3-7-20(19)21;10-8(11,12)5-17-3-1-7(2-4-17,6(16)18)9(13,14)15/h3-9,11,18H,10,12-15H2,1-2H3,(H,31,32);1-5H2,(H2,16,18). The summed E-state index contributed by atoms with van der Waals surface area (Å²) in [5, 5.41) is 11.0. The third-order valence-electron chi connectivity index (χ3n) is 9.46. The summed E-state index contributed by atoms with van der Waals surface area (Å²) in [6.45, 7) is -1.92. The summed E-state index contributed by atoms with van der Waals surface area (Å²) in [7, 11) is 3.10. The van der Waals surface area contributed by atoms with E-state index in [-0.39, 0.29) is 19.5 Å². The van der Waals surface area contributed by atoms with Crippen molar-refractivity contribution in [2.75, 3.05) is 46.9 Å². The zero-order valence-corrected chi connectivity index (χ0v) is 28.2. The molecule has 17 heteroatoms. The van der Waals surface area contributed by atoms with Gasteiger partial charge in [0.15, 0.2) is 0 Å². The van der Waals surface area contributed by atoms with Crippen molar-refractivity contribution in [3.8, 4) is 22.6 Å². The summed E-state index contributed by atoms with van der Waals surface area (Å²) >= 11 is 0. The van der Waals surface area contributed by atoms with Crippen LogP contribution in [0, 0.1) is 11.3 Å². The maximum atomic E-state index is 12.9. The van der Waals surface area contributed by atoms with Crippen molar-refractivity contribution in [3.05, 3.63) is 59.7 Å². The van der Waals surface area contributed by atoms with Gasteiger partial charge in [-0.05, 0) is 60.3 Å². The number of amides is 1. The molecule has 5 rings (SSSR count). The van der Waals surface area contributed by atoms with Gasteiger partial charge in [-0.2, -0.15) is 39.5 Å². The first-order valence-corrected chi connectivity index (χ1v) is 16.1. The molecule has 0 aromatic heterocycles. The molecule has 0 atom stereocenters. The van der Waals surface area contributed by atoms with Gasteiger partial charge < -0.3 is 20.3 Å².